The van der Waals surface area contributed by atoms with Crippen LogP contribution in [0.5, 0.6) is 0 Å². The lowest BCUT2D eigenvalue weighted by molar-refractivity contribution is 1.33. The molecule has 1 nitrogen and oxygen atoms in total. The van der Waals surface area contributed by atoms with Gasteiger partial charge in [-0.05, 0) is 26.8 Å². The Hall–Kier alpha value is -1.29. The Morgan fingerprint density at radius 1 is 1.23 bits per heavy atom. The van der Waals surface area contributed by atoms with Crippen LogP contribution < -0.4 is 0 Å². The van der Waals surface area contributed by atoms with Gasteiger partial charge in [-0.3, -0.25) is 0 Å². The molecule has 74 valence electrons. The minimum atomic E-state index is 0.762. The molecule has 0 atom stereocenters. The molecule has 0 saturated heterocycles. The Kier molecular flexibility index (Phi) is 23.1. The van der Waals surface area contributed by atoms with Gasteiger partial charge in [0.05, 0.1) is 11.6 Å². The quantitative estimate of drug-likeness (QED) is 0.335. The lowest BCUT2D eigenvalue weighted by Gasteiger charge is -1.88. The maximum Gasteiger partial charge on any atom is 0.0990 e. The number of nitrogens with zero attached hydrogens (tertiary/aromatic N) is 1. The molecule has 0 aliphatic rings. The van der Waals surface area contributed by atoms with Crippen LogP contribution in [0.2, 0.25) is 0 Å². The van der Waals surface area contributed by atoms with Crippen molar-refractivity contribution in [2.24, 2.45) is 0 Å². The smallest absolute Gasteiger partial charge is 0.0990 e. The summed E-state index contributed by atoms with van der Waals surface area (Å²) in [7, 11) is 0. The van der Waals surface area contributed by atoms with E-state index >= 15 is 0 Å². The standard InChI is InChI=1S/C8H11N.C2H6.C2H4/c1-4-5-8(6-9)7(2)3;2*1-2/h4-5H,1-3H3;1-2H3;1-2H2/b5-4-;;. The van der Waals surface area contributed by atoms with E-state index in [1.54, 1.807) is 0 Å². The minimum absolute atomic E-state index is 0.762. The van der Waals surface area contributed by atoms with Crippen molar-refractivity contribution in [2.75, 3.05) is 0 Å². The van der Waals surface area contributed by atoms with Crippen molar-refractivity contribution in [3.63, 3.8) is 0 Å². The van der Waals surface area contributed by atoms with Gasteiger partial charge in [0.15, 0.2) is 0 Å². The Labute approximate surface area is 83.1 Å². The van der Waals surface area contributed by atoms with E-state index in [0.717, 1.165) is 11.1 Å². The molecule has 0 aromatic heterocycles. The summed E-state index contributed by atoms with van der Waals surface area (Å²) in [6, 6.07) is 2.10. The summed E-state index contributed by atoms with van der Waals surface area (Å²) in [6.07, 6.45) is 3.68. The Bertz CT molecular complexity index is 188. The van der Waals surface area contributed by atoms with Gasteiger partial charge in [-0.2, -0.15) is 5.26 Å². The molecule has 0 aliphatic heterocycles. The molecular formula is C12H21N. The van der Waals surface area contributed by atoms with E-state index in [1.165, 1.54) is 0 Å². The minimum Gasteiger partial charge on any atom is -0.192 e. The van der Waals surface area contributed by atoms with Gasteiger partial charge in [-0.1, -0.05) is 25.5 Å². The average Bonchev–Trinajstić information content (AvgIpc) is 2.20. The predicted octanol–water partition coefficient (Wildman–Crippen LogP) is 4.25. The van der Waals surface area contributed by atoms with Gasteiger partial charge >= 0.3 is 0 Å². The molecule has 13 heavy (non-hydrogen) atoms. The number of rotatable bonds is 1. The topological polar surface area (TPSA) is 23.8 Å². The Morgan fingerprint density at radius 3 is 1.69 bits per heavy atom. The second kappa shape index (κ2) is 17.0. The van der Waals surface area contributed by atoms with Gasteiger partial charge in [0.2, 0.25) is 0 Å². The van der Waals surface area contributed by atoms with Crippen molar-refractivity contribution in [2.45, 2.75) is 34.6 Å². The summed E-state index contributed by atoms with van der Waals surface area (Å²) in [6.45, 7) is 15.8. The van der Waals surface area contributed by atoms with Crippen molar-refractivity contribution in [1.82, 2.24) is 0 Å². The van der Waals surface area contributed by atoms with Crippen molar-refractivity contribution < 1.29 is 0 Å². The first kappa shape index (κ1) is 17.7. The summed E-state index contributed by atoms with van der Waals surface area (Å²) in [4.78, 5) is 0. The summed E-state index contributed by atoms with van der Waals surface area (Å²) < 4.78 is 0. The van der Waals surface area contributed by atoms with Crippen LogP contribution in [0.15, 0.2) is 36.5 Å². The van der Waals surface area contributed by atoms with Crippen LogP contribution in [0.25, 0.3) is 0 Å². The molecule has 0 amide bonds. The first-order valence-corrected chi connectivity index (χ1v) is 4.42. The predicted molar refractivity (Wildman–Crippen MR) is 61.4 cm³/mol. The molecule has 0 radical (unpaired) electrons. The van der Waals surface area contributed by atoms with Gasteiger partial charge in [0.25, 0.3) is 0 Å². The molecule has 0 aliphatic carbocycles. The zero-order valence-electron chi connectivity index (χ0n) is 9.52. The second-order valence-corrected chi connectivity index (χ2v) is 2.03. The molecule has 1 heteroatoms. The molecule has 0 heterocycles. The second-order valence-electron chi connectivity index (χ2n) is 2.03. The molecular weight excluding hydrogens is 158 g/mol. The van der Waals surface area contributed by atoms with E-state index in [0.29, 0.717) is 0 Å². The van der Waals surface area contributed by atoms with Gasteiger partial charge in [-0.25, -0.2) is 0 Å². The molecule has 0 fully saturated rings. The largest absolute Gasteiger partial charge is 0.192 e. The van der Waals surface area contributed by atoms with Crippen LogP contribution in [0, 0.1) is 11.3 Å². The molecule has 0 saturated carbocycles. The first-order valence-electron chi connectivity index (χ1n) is 4.42. The van der Waals surface area contributed by atoms with E-state index < -0.39 is 0 Å². The van der Waals surface area contributed by atoms with Crippen molar-refractivity contribution in [1.29, 1.82) is 5.26 Å². The Morgan fingerprint density at radius 2 is 1.62 bits per heavy atom. The van der Waals surface area contributed by atoms with E-state index in [-0.39, 0.29) is 0 Å². The summed E-state index contributed by atoms with van der Waals surface area (Å²) in [5.74, 6) is 0. The fourth-order valence-corrected chi connectivity index (χ4v) is 0.482. The molecule has 0 unspecified atom stereocenters. The van der Waals surface area contributed by atoms with E-state index in [1.807, 2.05) is 46.8 Å². The van der Waals surface area contributed by atoms with Crippen LogP contribution in [-0.4, -0.2) is 0 Å². The molecule has 0 bridgehead atoms. The normalized spacial score (nSPS) is 7.08. The number of allylic oxidation sites excluding steroid dienone is 4. The maximum absolute atomic E-state index is 8.47. The molecule has 0 rings (SSSR count). The molecule has 0 spiro atoms. The van der Waals surface area contributed by atoms with E-state index in [2.05, 4.69) is 19.2 Å². The lowest BCUT2D eigenvalue weighted by Crippen LogP contribution is -1.74. The van der Waals surface area contributed by atoms with Gasteiger partial charge in [0.1, 0.15) is 0 Å². The summed E-state index contributed by atoms with van der Waals surface area (Å²) in [5.41, 5.74) is 1.83. The summed E-state index contributed by atoms with van der Waals surface area (Å²) in [5, 5.41) is 8.47. The van der Waals surface area contributed by atoms with Crippen molar-refractivity contribution >= 4 is 0 Å². The van der Waals surface area contributed by atoms with Crippen molar-refractivity contribution in [3.8, 4) is 6.07 Å². The van der Waals surface area contributed by atoms with Crippen molar-refractivity contribution in [3.05, 3.63) is 36.5 Å². The molecule has 0 aromatic carbocycles. The van der Waals surface area contributed by atoms with Gasteiger partial charge in [0, 0.05) is 0 Å². The van der Waals surface area contributed by atoms with Crippen LogP contribution in [0.3, 0.4) is 0 Å². The zero-order chi connectivity index (χ0) is 11.3. The van der Waals surface area contributed by atoms with Gasteiger partial charge < -0.3 is 0 Å². The van der Waals surface area contributed by atoms with Crippen LogP contribution >= 0.6 is 0 Å². The third-order valence-corrected chi connectivity index (χ3v) is 0.992. The number of nitriles is 1. The van der Waals surface area contributed by atoms with Gasteiger partial charge in [-0.15, -0.1) is 13.2 Å². The fraction of sp³-hybridized carbons (Fsp3) is 0.417. The molecule has 0 aromatic rings. The lowest BCUT2D eigenvalue weighted by atomic mass is 10.1. The monoisotopic (exact) mass is 179 g/mol. The van der Waals surface area contributed by atoms with E-state index in [4.69, 9.17) is 5.26 Å². The number of hydrogen-bond acceptors (Lipinski definition) is 1. The molecule has 0 N–H and O–H groups in total. The third kappa shape index (κ3) is 13.7. The van der Waals surface area contributed by atoms with Crippen LogP contribution in [0.1, 0.15) is 34.6 Å². The van der Waals surface area contributed by atoms with Crippen LogP contribution in [0.4, 0.5) is 0 Å². The maximum atomic E-state index is 8.47. The first-order chi connectivity index (χ1) is 6.22. The highest BCUT2D eigenvalue weighted by Crippen LogP contribution is 2.02. The highest BCUT2D eigenvalue weighted by molar-refractivity contribution is 5.35. The fourth-order valence-electron chi connectivity index (χ4n) is 0.482. The van der Waals surface area contributed by atoms with E-state index in [9.17, 15) is 0 Å². The number of hydrogen-bond donors (Lipinski definition) is 0. The highest BCUT2D eigenvalue weighted by Gasteiger charge is 1.88. The van der Waals surface area contributed by atoms with Crippen LogP contribution in [-0.2, 0) is 0 Å². The average molecular weight is 179 g/mol. The third-order valence-electron chi connectivity index (χ3n) is 0.992. The highest BCUT2D eigenvalue weighted by atomic mass is 14.2. The summed E-state index contributed by atoms with van der Waals surface area (Å²) >= 11 is 0. The SMILES string of the molecule is C/C=C\C(C#N)=C(C)C.C=C.CC. The zero-order valence-corrected chi connectivity index (χ0v) is 9.52. The Balaban J connectivity index is -0.000000218.